The first-order valence-corrected chi connectivity index (χ1v) is 6.97. The van der Waals surface area contributed by atoms with Crippen molar-refractivity contribution < 1.29 is 0 Å². The second-order valence-electron chi connectivity index (χ2n) is 4.17. The minimum Gasteiger partial charge on any atom is -0.340 e. The topological polar surface area (TPSA) is 64.5 Å². The van der Waals surface area contributed by atoms with Crippen LogP contribution in [0.25, 0.3) is 0 Å². The third-order valence-corrected chi connectivity index (χ3v) is 3.59. The van der Waals surface area contributed by atoms with Crippen LogP contribution >= 0.6 is 11.8 Å². The van der Waals surface area contributed by atoms with Crippen molar-refractivity contribution in [3.63, 3.8) is 0 Å². The third-order valence-electron chi connectivity index (χ3n) is 2.60. The van der Waals surface area contributed by atoms with E-state index in [1.165, 1.54) is 0 Å². The van der Waals surface area contributed by atoms with Gasteiger partial charge in [0.25, 0.3) is 0 Å². The molecule has 94 valence electrons. The van der Waals surface area contributed by atoms with Gasteiger partial charge in [0.2, 0.25) is 0 Å². The van der Waals surface area contributed by atoms with Crippen molar-refractivity contribution in [3.05, 3.63) is 12.4 Å². The second kappa shape index (κ2) is 7.36. The Bertz CT molecular complexity index is 344. The summed E-state index contributed by atoms with van der Waals surface area (Å²) in [7, 11) is 0. The first-order chi connectivity index (χ1) is 8.20. The van der Waals surface area contributed by atoms with Gasteiger partial charge in [0.05, 0.1) is 6.07 Å². The Morgan fingerprint density at radius 1 is 1.59 bits per heavy atom. The SMILES string of the molecule is CCNC(C)(C#N)CCCCSc1ncc[nH]1. The minimum atomic E-state index is -0.371. The number of thioether (sulfide) groups is 1. The number of aromatic nitrogens is 2. The molecule has 0 bridgehead atoms. The van der Waals surface area contributed by atoms with Crippen LogP contribution < -0.4 is 5.32 Å². The van der Waals surface area contributed by atoms with Gasteiger partial charge >= 0.3 is 0 Å². The maximum atomic E-state index is 9.09. The fourth-order valence-corrected chi connectivity index (χ4v) is 2.48. The highest BCUT2D eigenvalue weighted by Gasteiger charge is 2.20. The Morgan fingerprint density at radius 3 is 3.00 bits per heavy atom. The lowest BCUT2D eigenvalue weighted by atomic mass is 9.97. The van der Waals surface area contributed by atoms with Crippen molar-refractivity contribution in [3.8, 4) is 6.07 Å². The Morgan fingerprint density at radius 2 is 2.41 bits per heavy atom. The van der Waals surface area contributed by atoms with E-state index in [9.17, 15) is 0 Å². The number of nitrogens with zero attached hydrogens (tertiary/aromatic N) is 2. The molecular weight excluding hydrogens is 232 g/mol. The molecule has 0 aliphatic heterocycles. The fraction of sp³-hybridized carbons (Fsp3) is 0.667. The Kier molecular flexibility index (Phi) is 6.09. The summed E-state index contributed by atoms with van der Waals surface area (Å²) in [5.41, 5.74) is -0.371. The van der Waals surface area contributed by atoms with Gasteiger partial charge in [-0.3, -0.25) is 5.32 Å². The third kappa shape index (κ3) is 5.24. The minimum absolute atomic E-state index is 0.371. The molecule has 1 atom stereocenters. The number of nitriles is 1. The van der Waals surface area contributed by atoms with Gasteiger partial charge in [-0.1, -0.05) is 18.7 Å². The highest BCUT2D eigenvalue weighted by atomic mass is 32.2. The van der Waals surface area contributed by atoms with Crippen LogP contribution in [0.5, 0.6) is 0 Å². The van der Waals surface area contributed by atoms with E-state index < -0.39 is 0 Å². The zero-order chi connectivity index (χ0) is 12.6. The van der Waals surface area contributed by atoms with Gasteiger partial charge in [-0.05, 0) is 32.7 Å². The smallest absolute Gasteiger partial charge is 0.165 e. The number of unbranched alkanes of at least 4 members (excludes halogenated alkanes) is 1. The molecule has 0 saturated carbocycles. The van der Waals surface area contributed by atoms with E-state index >= 15 is 0 Å². The van der Waals surface area contributed by atoms with Crippen LogP contribution in [0, 0.1) is 11.3 Å². The molecule has 0 fully saturated rings. The quantitative estimate of drug-likeness (QED) is 0.551. The van der Waals surface area contributed by atoms with Gasteiger partial charge in [-0.15, -0.1) is 0 Å². The summed E-state index contributed by atoms with van der Waals surface area (Å²) in [6.45, 7) is 4.84. The van der Waals surface area contributed by atoms with Crippen LogP contribution in [-0.2, 0) is 0 Å². The van der Waals surface area contributed by atoms with E-state index in [0.29, 0.717) is 0 Å². The molecule has 1 unspecified atom stereocenters. The second-order valence-corrected chi connectivity index (χ2v) is 5.26. The summed E-state index contributed by atoms with van der Waals surface area (Å²) in [6.07, 6.45) is 6.66. The maximum absolute atomic E-state index is 9.09. The van der Waals surface area contributed by atoms with Gasteiger partial charge in [-0.25, -0.2) is 4.98 Å². The van der Waals surface area contributed by atoms with E-state index in [-0.39, 0.29) is 5.54 Å². The zero-order valence-electron chi connectivity index (χ0n) is 10.5. The molecule has 17 heavy (non-hydrogen) atoms. The first-order valence-electron chi connectivity index (χ1n) is 5.98. The summed E-state index contributed by atoms with van der Waals surface area (Å²) < 4.78 is 0. The van der Waals surface area contributed by atoms with Crippen molar-refractivity contribution in [1.82, 2.24) is 15.3 Å². The van der Waals surface area contributed by atoms with Crippen LogP contribution in [0.4, 0.5) is 0 Å². The van der Waals surface area contributed by atoms with Gasteiger partial charge < -0.3 is 4.98 Å². The van der Waals surface area contributed by atoms with Crippen LogP contribution in [0.3, 0.4) is 0 Å². The van der Waals surface area contributed by atoms with E-state index in [1.807, 2.05) is 20.0 Å². The fourth-order valence-electron chi connectivity index (χ4n) is 1.65. The Labute approximate surface area is 107 Å². The van der Waals surface area contributed by atoms with E-state index in [0.717, 1.165) is 36.7 Å². The largest absolute Gasteiger partial charge is 0.340 e. The van der Waals surface area contributed by atoms with Gasteiger partial charge in [0.15, 0.2) is 5.16 Å². The van der Waals surface area contributed by atoms with E-state index in [4.69, 9.17) is 5.26 Å². The molecule has 0 saturated heterocycles. The van der Waals surface area contributed by atoms with Gasteiger partial charge in [0.1, 0.15) is 5.54 Å². The van der Waals surface area contributed by atoms with Crippen molar-refractivity contribution in [2.24, 2.45) is 0 Å². The first kappa shape index (κ1) is 14.1. The Balaban J connectivity index is 2.13. The van der Waals surface area contributed by atoms with Crippen LogP contribution in [0.15, 0.2) is 17.6 Å². The Hall–Kier alpha value is -0.990. The molecule has 1 aromatic heterocycles. The normalized spacial score (nSPS) is 14.2. The molecule has 1 aromatic rings. The lowest BCUT2D eigenvalue weighted by Crippen LogP contribution is -2.40. The van der Waals surface area contributed by atoms with Crippen LogP contribution in [-0.4, -0.2) is 27.8 Å². The highest BCUT2D eigenvalue weighted by Crippen LogP contribution is 2.17. The molecule has 0 amide bonds. The molecular formula is C12H20N4S. The van der Waals surface area contributed by atoms with Crippen LogP contribution in [0.1, 0.15) is 33.1 Å². The van der Waals surface area contributed by atoms with E-state index in [1.54, 1.807) is 18.0 Å². The van der Waals surface area contributed by atoms with Gasteiger partial charge in [-0.2, -0.15) is 5.26 Å². The zero-order valence-corrected chi connectivity index (χ0v) is 11.3. The summed E-state index contributed by atoms with van der Waals surface area (Å²) in [4.78, 5) is 7.21. The molecule has 5 heteroatoms. The predicted octanol–water partition coefficient (Wildman–Crippen LogP) is 2.56. The summed E-state index contributed by atoms with van der Waals surface area (Å²) >= 11 is 1.73. The highest BCUT2D eigenvalue weighted by molar-refractivity contribution is 7.99. The van der Waals surface area contributed by atoms with Crippen molar-refractivity contribution in [2.75, 3.05) is 12.3 Å². The summed E-state index contributed by atoms with van der Waals surface area (Å²) in [5.74, 6) is 1.04. The molecule has 4 nitrogen and oxygen atoms in total. The number of H-pyrrole nitrogens is 1. The number of hydrogen-bond donors (Lipinski definition) is 2. The maximum Gasteiger partial charge on any atom is 0.165 e. The molecule has 0 aliphatic carbocycles. The number of aromatic amines is 1. The average Bonchev–Trinajstić information content (AvgIpc) is 2.82. The van der Waals surface area contributed by atoms with Gasteiger partial charge in [0, 0.05) is 18.1 Å². The molecule has 0 aliphatic rings. The van der Waals surface area contributed by atoms with E-state index in [2.05, 4.69) is 21.4 Å². The van der Waals surface area contributed by atoms with Crippen molar-refractivity contribution >= 4 is 11.8 Å². The van der Waals surface area contributed by atoms with Crippen molar-refractivity contribution in [1.29, 1.82) is 5.26 Å². The molecule has 1 rings (SSSR count). The monoisotopic (exact) mass is 252 g/mol. The number of hydrogen-bond acceptors (Lipinski definition) is 4. The average molecular weight is 252 g/mol. The standard InChI is InChI=1S/C12H20N4S/c1-3-16-12(2,10-13)6-4-5-9-17-11-14-7-8-15-11/h7-8,16H,3-6,9H2,1-2H3,(H,14,15). The predicted molar refractivity (Wildman–Crippen MR) is 70.9 cm³/mol. The molecule has 0 spiro atoms. The number of imidazole rings is 1. The molecule has 2 N–H and O–H groups in total. The molecule has 0 aromatic carbocycles. The molecule has 0 radical (unpaired) electrons. The lowest BCUT2D eigenvalue weighted by molar-refractivity contribution is 0.415. The summed E-state index contributed by atoms with van der Waals surface area (Å²) in [5, 5.41) is 13.3. The van der Waals surface area contributed by atoms with Crippen molar-refractivity contribution in [2.45, 2.75) is 43.8 Å². The van der Waals surface area contributed by atoms with Crippen LogP contribution in [0.2, 0.25) is 0 Å². The number of nitrogens with one attached hydrogen (secondary N) is 2. The number of rotatable bonds is 8. The summed E-state index contributed by atoms with van der Waals surface area (Å²) in [6, 6.07) is 2.35. The molecule has 1 heterocycles. The lowest BCUT2D eigenvalue weighted by Gasteiger charge is -2.22.